The second-order valence-electron chi connectivity index (χ2n) is 3.83. The fourth-order valence-electron chi connectivity index (χ4n) is 1.30. The maximum absolute atomic E-state index is 11.7. The summed E-state index contributed by atoms with van der Waals surface area (Å²) in [6, 6.07) is 1.21. The zero-order valence-electron chi connectivity index (χ0n) is 10.1. The molecule has 6 heteroatoms. The molecular formula is C11H16ClN3O2. The van der Waals surface area contributed by atoms with Crippen LogP contribution in [0.1, 0.15) is 20.8 Å². The number of halogens is 1. The van der Waals surface area contributed by atoms with Crippen molar-refractivity contribution in [2.75, 3.05) is 11.9 Å². The van der Waals surface area contributed by atoms with E-state index in [1.165, 1.54) is 6.20 Å². The van der Waals surface area contributed by atoms with Gasteiger partial charge in [0.05, 0.1) is 6.61 Å². The van der Waals surface area contributed by atoms with E-state index in [9.17, 15) is 4.79 Å². The van der Waals surface area contributed by atoms with Crippen LogP contribution in [-0.4, -0.2) is 28.6 Å². The van der Waals surface area contributed by atoms with Gasteiger partial charge in [0.25, 0.3) is 0 Å². The van der Waals surface area contributed by atoms with E-state index in [1.807, 2.05) is 13.8 Å². The lowest BCUT2D eigenvalue weighted by Gasteiger charge is -2.20. The van der Waals surface area contributed by atoms with Gasteiger partial charge in [-0.25, -0.2) is 14.8 Å². The van der Waals surface area contributed by atoms with E-state index in [1.54, 1.807) is 13.0 Å². The van der Waals surface area contributed by atoms with Crippen molar-refractivity contribution in [2.24, 2.45) is 5.92 Å². The van der Waals surface area contributed by atoms with Crippen molar-refractivity contribution in [2.45, 2.75) is 26.8 Å². The SMILES string of the molecule is CCOC(=O)C(Nc1ccnc(Cl)n1)C(C)C. The number of esters is 1. The molecule has 1 heterocycles. The van der Waals surface area contributed by atoms with E-state index in [0.717, 1.165) is 0 Å². The molecule has 1 atom stereocenters. The van der Waals surface area contributed by atoms with Crippen LogP contribution in [0.5, 0.6) is 0 Å². The standard InChI is InChI=1S/C11H16ClN3O2/c1-4-17-10(16)9(7(2)3)14-8-5-6-13-11(12)15-8/h5-7,9H,4H2,1-3H3,(H,13,14,15). The van der Waals surface area contributed by atoms with Gasteiger partial charge in [-0.15, -0.1) is 0 Å². The molecule has 0 saturated heterocycles. The summed E-state index contributed by atoms with van der Waals surface area (Å²) in [6.45, 7) is 5.99. The lowest BCUT2D eigenvalue weighted by Crippen LogP contribution is -2.36. The molecule has 0 aliphatic heterocycles. The molecule has 0 saturated carbocycles. The topological polar surface area (TPSA) is 64.1 Å². The molecule has 5 nitrogen and oxygen atoms in total. The second-order valence-corrected chi connectivity index (χ2v) is 4.17. The van der Waals surface area contributed by atoms with Gasteiger partial charge in [-0.3, -0.25) is 0 Å². The second kappa shape index (κ2) is 6.39. The van der Waals surface area contributed by atoms with Crippen LogP contribution < -0.4 is 5.32 Å². The fourth-order valence-corrected chi connectivity index (χ4v) is 1.45. The van der Waals surface area contributed by atoms with E-state index in [2.05, 4.69) is 15.3 Å². The summed E-state index contributed by atoms with van der Waals surface area (Å²) in [7, 11) is 0. The molecule has 1 unspecified atom stereocenters. The summed E-state index contributed by atoms with van der Waals surface area (Å²) >= 11 is 5.67. The predicted molar refractivity (Wildman–Crippen MR) is 65.9 cm³/mol. The third-order valence-electron chi connectivity index (χ3n) is 2.14. The van der Waals surface area contributed by atoms with Crippen molar-refractivity contribution in [3.05, 3.63) is 17.5 Å². The van der Waals surface area contributed by atoms with Crippen LogP contribution in [0.2, 0.25) is 5.28 Å². The van der Waals surface area contributed by atoms with Gasteiger partial charge in [-0.2, -0.15) is 0 Å². The molecule has 94 valence electrons. The first-order valence-corrected chi connectivity index (χ1v) is 5.84. The largest absolute Gasteiger partial charge is 0.464 e. The van der Waals surface area contributed by atoms with Crippen LogP contribution >= 0.6 is 11.6 Å². The molecule has 0 amide bonds. The molecule has 1 aromatic heterocycles. The number of hydrogen-bond donors (Lipinski definition) is 1. The maximum Gasteiger partial charge on any atom is 0.328 e. The molecule has 1 rings (SSSR count). The highest BCUT2D eigenvalue weighted by atomic mass is 35.5. The Morgan fingerprint density at radius 2 is 2.29 bits per heavy atom. The van der Waals surface area contributed by atoms with Crippen molar-refractivity contribution >= 4 is 23.4 Å². The minimum absolute atomic E-state index is 0.0859. The number of hydrogen-bond acceptors (Lipinski definition) is 5. The van der Waals surface area contributed by atoms with Crippen molar-refractivity contribution < 1.29 is 9.53 Å². The number of aromatic nitrogens is 2. The first-order chi connectivity index (χ1) is 8.04. The first-order valence-electron chi connectivity index (χ1n) is 5.46. The molecule has 0 radical (unpaired) electrons. The lowest BCUT2D eigenvalue weighted by molar-refractivity contribution is -0.145. The van der Waals surface area contributed by atoms with Crippen molar-refractivity contribution in [1.29, 1.82) is 0 Å². The van der Waals surface area contributed by atoms with Gasteiger partial charge < -0.3 is 10.1 Å². The van der Waals surface area contributed by atoms with Crippen molar-refractivity contribution in [1.82, 2.24) is 9.97 Å². The van der Waals surface area contributed by atoms with Gasteiger partial charge >= 0.3 is 5.97 Å². The lowest BCUT2D eigenvalue weighted by atomic mass is 10.0. The number of nitrogens with one attached hydrogen (secondary N) is 1. The summed E-state index contributed by atoms with van der Waals surface area (Å²) in [5.41, 5.74) is 0. The minimum Gasteiger partial charge on any atom is -0.464 e. The monoisotopic (exact) mass is 257 g/mol. The Morgan fingerprint density at radius 3 is 2.82 bits per heavy atom. The maximum atomic E-state index is 11.7. The van der Waals surface area contributed by atoms with Crippen molar-refractivity contribution in [3.63, 3.8) is 0 Å². The highest BCUT2D eigenvalue weighted by Crippen LogP contribution is 2.13. The van der Waals surface area contributed by atoms with Crippen LogP contribution in [0.25, 0.3) is 0 Å². The molecule has 1 N–H and O–H groups in total. The van der Waals surface area contributed by atoms with Crippen molar-refractivity contribution in [3.8, 4) is 0 Å². The van der Waals surface area contributed by atoms with E-state index < -0.39 is 6.04 Å². The average molecular weight is 258 g/mol. The first kappa shape index (κ1) is 13.7. The molecule has 0 bridgehead atoms. The Balaban J connectivity index is 2.76. The molecule has 0 aliphatic rings. The number of nitrogens with zero attached hydrogens (tertiary/aromatic N) is 2. The molecule has 17 heavy (non-hydrogen) atoms. The summed E-state index contributed by atoms with van der Waals surface area (Å²) in [4.78, 5) is 19.5. The van der Waals surface area contributed by atoms with Gasteiger partial charge in [-0.1, -0.05) is 13.8 Å². The predicted octanol–water partition coefficient (Wildman–Crippen LogP) is 2.13. The van der Waals surface area contributed by atoms with E-state index in [0.29, 0.717) is 12.4 Å². The number of anilines is 1. The van der Waals surface area contributed by atoms with Crippen LogP contribution in [0.15, 0.2) is 12.3 Å². The summed E-state index contributed by atoms with van der Waals surface area (Å²) in [5, 5.41) is 3.13. The Kier molecular flexibility index (Phi) is 5.15. The summed E-state index contributed by atoms with van der Waals surface area (Å²) < 4.78 is 4.99. The Hall–Kier alpha value is -1.36. The summed E-state index contributed by atoms with van der Waals surface area (Å²) in [6.07, 6.45) is 1.53. The molecule has 0 spiro atoms. The molecule has 0 fully saturated rings. The van der Waals surface area contributed by atoms with E-state index in [4.69, 9.17) is 16.3 Å². The number of rotatable bonds is 5. The van der Waals surface area contributed by atoms with E-state index in [-0.39, 0.29) is 17.2 Å². The summed E-state index contributed by atoms with van der Waals surface area (Å²) in [5.74, 6) is 0.303. The smallest absolute Gasteiger partial charge is 0.328 e. The average Bonchev–Trinajstić information content (AvgIpc) is 2.26. The fraction of sp³-hybridized carbons (Fsp3) is 0.545. The van der Waals surface area contributed by atoms with Gasteiger partial charge in [0.2, 0.25) is 5.28 Å². The zero-order chi connectivity index (χ0) is 12.8. The quantitative estimate of drug-likeness (QED) is 0.647. The highest BCUT2D eigenvalue weighted by molar-refractivity contribution is 6.28. The molecule has 0 aromatic carbocycles. The molecular weight excluding hydrogens is 242 g/mol. The Morgan fingerprint density at radius 1 is 1.59 bits per heavy atom. The van der Waals surface area contributed by atoms with Crippen LogP contribution in [-0.2, 0) is 9.53 Å². The van der Waals surface area contributed by atoms with Crippen LogP contribution in [0.4, 0.5) is 5.82 Å². The van der Waals surface area contributed by atoms with Crippen LogP contribution in [0.3, 0.4) is 0 Å². The third-order valence-corrected chi connectivity index (χ3v) is 2.32. The minimum atomic E-state index is -0.444. The zero-order valence-corrected chi connectivity index (χ0v) is 10.9. The van der Waals surface area contributed by atoms with Gasteiger partial charge in [0.15, 0.2) is 0 Å². The number of carbonyl (C=O) groups excluding carboxylic acids is 1. The number of ether oxygens (including phenoxy) is 1. The number of carbonyl (C=O) groups is 1. The highest BCUT2D eigenvalue weighted by Gasteiger charge is 2.23. The Labute approximate surface area is 106 Å². The molecule has 0 aliphatic carbocycles. The molecule has 1 aromatic rings. The van der Waals surface area contributed by atoms with Crippen LogP contribution in [0, 0.1) is 5.92 Å². The normalized spacial score (nSPS) is 12.3. The Bertz CT molecular complexity index is 385. The van der Waals surface area contributed by atoms with E-state index >= 15 is 0 Å². The third kappa shape index (κ3) is 4.19. The van der Waals surface area contributed by atoms with Gasteiger partial charge in [0, 0.05) is 6.20 Å². The van der Waals surface area contributed by atoms with Gasteiger partial charge in [-0.05, 0) is 30.5 Å². The van der Waals surface area contributed by atoms with Gasteiger partial charge in [0.1, 0.15) is 11.9 Å².